The lowest BCUT2D eigenvalue weighted by atomic mass is 9.98. The quantitative estimate of drug-likeness (QED) is 0.544. The van der Waals surface area contributed by atoms with Gasteiger partial charge in [-0.1, -0.05) is 0 Å². The lowest BCUT2D eigenvalue weighted by molar-refractivity contribution is -0.137. The Hall–Kier alpha value is -0.260. The molecule has 0 radical (unpaired) electrons. The first-order valence-corrected chi connectivity index (χ1v) is 4.94. The van der Waals surface area contributed by atoms with Crippen LogP contribution in [0.3, 0.4) is 0 Å². The van der Waals surface area contributed by atoms with Crippen LogP contribution in [0.2, 0.25) is 0 Å². The van der Waals surface area contributed by atoms with Crippen molar-refractivity contribution in [2.24, 2.45) is 5.73 Å². The first kappa shape index (κ1) is 9.83. The van der Waals surface area contributed by atoms with Crippen molar-refractivity contribution in [3.63, 3.8) is 0 Å². The van der Waals surface area contributed by atoms with E-state index in [-0.39, 0.29) is 11.2 Å². The van der Waals surface area contributed by atoms with E-state index >= 15 is 0 Å². The molecular formula is C7H14N2O2S. The fourth-order valence-electron chi connectivity index (χ4n) is 1.23. The van der Waals surface area contributed by atoms with E-state index in [4.69, 9.17) is 10.8 Å². The normalized spacial score (nSPS) is 20.1. The minimum Gasteiger partial charge on any atom is -0.481 e. The van der Waals surface area contributed by atoms with Gasteiger partial charge in [0.05, 0.1) is 11.2 Å². The molecular weight excluding hydrogens is 176 g/mol. The number of nitrogens with two attached hydrogens (primary N) is 1. The highest BCUT2D eigenvalue weighted by Gasteiger charge is 2.39. The van der Waals surface area contributed by atoms with Crippen LogP contribution in [-0.2, 0) is 4.79 Å². The van der Waals surface area contributed by atoms with E-state index in [0.717, 1.165) is 18.8 Å². The second kappa shape index (κ2) is 4.11. The summed E-state index contributed by atoms with van der Waals surface area (Å²) >= 11 is 1.67. The van der Waals surface area contributed by atoms with Crippen LogP contribution in [0, 0.1) is 0 Å². The van der Waals surface area contributed by atoms with Crippen LogP contribution in [0.4, 0.5) is 0 Å². The van der Waals surface area contributed by atoms with Crippen molar-refractivity contribution >= 4 is 17.7 Å². The molecule has 0 saturated carbocycles. The maximum atomic E-state index is 10.5. The number of hydrogen-bond donors (Lipinski definition) is 3. The van der Waals surface area contributed by atoms with Crippen molar-refractivity contribution < 1.29 is 9.90 Å². The highest BCUT2D eigenvalue weighted by atomic mass is 32.2. The molecule has 1 rings (SSSR count). The van der Waals surface area contributed by atoms with Gasteiger partial charge in [0.15, 0.2) is 0 Å². The predicted molar refractivity (Wildman–Crippen MR) is 49.4 cm³/mol. The van der Waals surface area contributed by atoms with Crippen LogP contribution in [0.1, 0.15) is 6.42 Å². The Bertz CT molecular complexity index is 171. The molecule has 0 amide bonds. The lowest BCUT2D eigenvalue weighted by Gasteiger charge is -2.40. The Kier molecular flexibility index (Phi) is 3.37. The summed E-state index contributed by atoms with van der Waals surface area (Å²) in [4.78, 5) is 10.5. The summed E-state index contributed by atoms with van der Waals surface area (Å²) in [5.41, 5.74) is 5.36. The molecule has 0 spiro atoms. The average molecular weight is 190 g/mol. The van der Waals surface area contributed by atoms with Gasteiger partial charge >= 0.3 is 5.97 Å². The zero-order valence-electron chi connectivity index (χ0n) is 6.88. The molecule has 1 saturated heterocycles. The second-order valence-corrected chi connectivity index (χ2v) is 4.56. The molecule has 1 aliphatic heterocycles. The van der Waals surface area contributed by atoms with Gasteiger partial charge in [0.25, 0.3) is 0 Å². The summed E-state index contributed by atoms with van der Waals surface area (Å²) in [6.45, 7) is 2.21. The van der Waals surface area contributed by atoms with Gasteiger partial charge in [-0.15, -0.1) is 0 Å². The molecule has 70 valence electrons. The molecule has 0 aliphatic carbocycles. The lowest BCUT2D eigenvalue weighted by Crippen LogP contribution is -2.58. The molecule has 0 unspecified atom stereocenters. The Morgan fingerprint density at radius 3 is 2.67 bits per heavy atom. The number of carbonyl (C=O) groups is 1. The molecule has 0 atom stereocenters. The van der Waals surface area contributed by atoms with Crippen molar-refractivity contribution in [2.75, 3.05) is 25.4 Å². The van der Waals surface area contributed by atoms with Crippen LogP contribution in [0.25, 0.3) is 0 Å². The molecule has 12 heavy (non-hydrogen) atoms. The minimum atomic E-state index is -0.721. The largest absolute Gasteiger partial charge is 0.481 e. The van der Waals surface area contributed by atoms with Crippen LogP contribution in [-0.4, -0.2) is 41.2 Å². The number of carboxylic acids is 1. The van der Waals surface area contributed by atoms with Crippen molar-refractivity contribution in [3.05, 3.63) is 0 Å². The van der Waals surface area contributed by atoms with Gasteiger partial charge in [-0.05, 0) is 0 Å². The van der Waals surface area contributed by atoms with Crippen LogP contribution < -0.4 is 11.1 Å². The fourth-order valence-corrected chi connectivity index (χ4v) is 2.42. The van der Waals surface area contributed by atoms with Gasteiger partial charge in [-0.2, -0.15) is 11.8 Å². The van der Waals surface area contributed by atoms with Crippen LogP contribution in [0.5, 0.6) is 0 Å². The second-order valence-electron chi connectivity index (χ2n) is 2.99. The van der Waals surface area contributed by atoms with E-state index in [2.05, 4.69) is 5.32 Å². The van der Waals surface area contributed by atoms with Crippen LogP contribution in [0.15, 0.2) is 0 Å². The van der Waals surface area contributed by atoms with E-state index in [9.17, 15) is 4.79 Å². The third-order valence-corrected chi connectivity index (χ3v) is 3.38. The number of hydrogen-bond acceptors (Lipinski definition) is 4. The SMILES string of the molecule is NCCSC1(CC(=O)O)CNC1. The third kappa shape index (κ3) is 2.36. The summed E-state index contributed by atoms with van der Waals surface area (Å²) in [5, 5.41) is 11.7. The maximum absolute atomic E-state index is 10.5. The molecule has 5 heteroatoms. The Morgan fingerprint density at radius 2 is 2.33 bits per heavy atom. The Morgan fingerprint density at radius 1 is 1.67 bits per heavy atom. The van der Waals surface area contributed by atoms with E-state index in [1.54, 1.807) is 11.8 Å². The number of carboxylic acid groups (broad SMARTS) is 1. The summed E-state index contributed by atoms with van der Waals surface area (Å²) < 4.78 is -0.0782. The van der Waals surface area contributed by atoms with Gasteiger partial charge in [-0.3, -0.25) is 4.79 Å². The van der Waals surface area contributed by atoms with Crippen LogP contribution >= 0.6 is 11.8 Å². The van der Waals surface area contributed by atoms with Crippen molar-refractivity contribution in [2.45, 2.75) is 11.2 Å². The van der Waals surface area contributed by atoms with Gasteiger partial charge in [-0.25, -0.2) is 0 Å². The third-order valence-electron chi connectivity index (χ3n) is 1.89. The molecule has 0 aromatic rings. The topological polar surface area (TPSA) is 75.4 Å². The summed E-state index contributed by atoms with van der Waals surface area (Å²) in [6.07, 6.45) is 0.241. The molecule has 4 N–H and O–H groups in total. The first-order valence-electron chi connectivity index (χ1n) is 3.95. The minimum absolute atomic E-state index is 0.0782. The highest BCUT2D eigenvalue weighted by molar-refractivity contribution is 8.00. The molecule has 4 nitrogen and oxygen atoms in total. The standard InChI is InChI=1S/C7H14N2O2S/c8-1-2-12-7(3-6(10)11)4-9-5-7/h9H,1-5,8H2,(H,10,11). The summed E-state index contributed by atoms with van der Waals surface area (Å²) in [6, 6.07) is 0. The number of thioether (sulfide) groups is 1. The Labute approximate surface area is 75.9 Å². The van der Waals surface area contributed by atoms with Gasteiger partial charge in [0.1, 0.15) is 0 Å². The van der Waals surface area contributed by atoms with Crippen molar-refractivity contribution in [3.8, 4) is 0 Å². The van der Waals surface area contributed by atoms with Gasteiger partial charge < -0.3 is 16.2 Å². The van der Waals surface area contributed by atoms with E-state index in [1.807, 2.05) is 0 Å². The van der Waals surface area contributed by atoms with Crippen molar-refractivity contribution in [1.29, 1.82) is 0 Å². The van der Waals surface area contributed by atoms with Gasteiger partial charge in [0.2, 0.25) is 0 Å². The van der Waals surface area contributed by atoms with Gasteiger partial charge in [0, 0.05) is 25.4 Å². The monoisotopic (exact) mass is 190 g/mol. The zero-order chi connectivity index (χ0) is 9.03. The maximum Gasteiger partial charge on any atom is 0.304 e. The summed E-state index contributed by atoms with van der Waals surface area (Å²) in [7, 11) is 0. The average Bonchev–Trinajstić information content (AvgIpc) is 1.94. The zero-order valence-corrected chi connectivity index (χ0v) is 7.69. The Balaban J connectivity index is 2.34. The molecule has 1 heterocycles. The molecule has 1 aliphatic rings. The molecule has 0 bridgehead atoms. The molecule has 1 fully saturated rings. The number of aliphatic carboxylic acids is 1. The number of rotatable bonds is 5. The van der Waals surface area contributed by atoms with E-state index in [0.29, 0.717) is 6.54 Å². The van der Waals surface area contributed by atoms with E-state index < -0.39 is 5.97 Å². The first-order chi connectivity index (χ1) is 5.68. The highest BCUT2D eigenvalue weighted by Crippen LogP contribution is 2.32. The smallest absolute Gasteiger partial charge is 0.304 e. The molecule has 0 aromatic carbocycles. The number of nitrogens with one attached hydrogen (secondary N) is 1. The van der Waals surface area contributed by atoms with Crippen molar-refractivity contribution in [1.82, 2.24) is 5.32 Å². The molecule has 0 aromatic heterocycles. The summed E-state index contributed by atoms with van der Waals surface area (Å²) in [5.74, 6) is 0.121. The fraction of sp³-hybridized carbons (Fsp3) is 0.857. The van der Waals surface area contributed by atoms with E-state index in [1.165, 1.54) is 0 Å². The predicted octanol–water partition coefficient (Wildman–Crippen LogP) is -0.505.